The molecule has 0 unspecified atom stereocenters. The fourth-order valence-corrected chi connectivity index (χ4v) is 1.93. The van der Waals surface area contributed by atoms with Crippen molar-refractivity contribution in [2.75, 3.05) is 31.7 Å². The van der Waals surface area contributed by atoms with Gasteiger partial charge in [-0.15, -0.1) is 0 Å². The van der Waals surface area contributed by atoms with E-state index in [0.717, 1.165) is 42.5 Å². The first-order chi connectivity index (χ1) is 8.70. The first kappa shape index (κ1) is 12.9. The van der Waals surface area contributed by atoms with Gasteiger partial charge in [0.1, 0.15) is 6.07 Å². The predicted octanol–water partition coefficient (Wildman–Crippen LogP) is 2.73. The van der Waals surface area contributed by atoms with Crippen molar-refractivity contribution in [3.05, 3.63) is 29.3 Å². The van der Waals surface area contributed by atoms with E-state index in [1.54, 1.807) is 0 Å². The van der Waals surface area contributed by atoms with Crippen molar-refractivity contribution in [2.24, 2.45) is 5.92 Å². The van der Waals surface area contributed by atoms with Crippen LogP contribution in [-0.2, 0) is 4.74 Å². The molecule has 18 heavy (non-hydrogen) atoms. The van der Waals surface area contributed by atoms with Crippen LogP contribution in [0.15, 0.2) is 18.2 Å². The van der Waals surface area contributed by atoms with Gasteiger partial charge in [-0.2, -0.15) is 5.26 Å². The van der Waals surface area contributed by atoms with Crippen molar-refractivity contribution in [1.29, 1.82) is 5.26 Å². The second-order valence-corrected chi connectivity index (χ2v) is 5.07. The molecule has 0 heterocycles. The molecule has 3 heteroatoms. The standard InChI is InChI=1S/C15H20N2O/c1-12-3-6-15(14(9-12)10-16)17(2)7-8-18-11-13-4-5-13/h3,6,9,13H,4-5,7-8,11H2,1-2H3. The van der Waals surface area contributed by atoms with Gasteiger partial charge in [-0.3, -0.25) is 0 Å². The van der Waals surface area contributed by atoms with Gasteiger partial charge >= 0.3 is 0 Å². The van der Waals surface area contributed by atoms with Gasteiger partial charge in [-0.05, 0) is 43.4 Å². The Hall–Kier alpha value is -1.53. The van der Waals surface area contributed by atoms with E-state index < -0.39 is 0 Å². The third kappa shape index (κ3) is 3.48. The molecule has 1 aromatic carbocycles. The topological polar surface area (TPSA) is 36.3 Å². The molecule has 1 aliphatic carbocycles. The Kier molecular flexibility index (Phi) is 4.22. The molecule has 1 saturated carbocycles. The SMILES string of the molecule is Cc1ccc(N(C)CCOCC2CC2)c(C#N)c1. The predicted molar refractivity (Wildman–Crippen MR) is 72.7 cm³/mol. The van der Waals surface area contributed by atoms with Gasteiger partial charge < -0.3 is 9.64 Å². The fraction of sp³-hybridized carbons (Fsp3) is 0.533. The summed E-state index contributed by atoms with van der Waals surface area (Å²) in [6.45, 7) is 4.45. The number of hydrogen-bond acceptors (Lipinski definition) is 3. The minimum atomic E-state index is 0.728. The van der Waals surface area contributed by atoms with Gasteiger partial charge in [0.2, 0.25) is 0 Å². The van der Waals surface area contributed by atoms with E-state index in [2.05, 4.69) is 11.0 Å². The minimum Gasteiger partial charge on any atom is -0.379 e. The van der Waals surface area contributed by atoms with Gasteiger partial charge in [0.15, 0.2) is 0 Å². The minimum absolute atomic E-state index is 0.728. The quantitative estimate of drug-likeness (QED) is 0.722. The summed E-state index contributed by atoms with van der Waals surface area (Å²) in [5, 5.41) is 9.14. The third-order valence-electron chi connectivity index (χ3n) is 3.31. The zero-order chi connectivity index (χ0) is 13.0. The van der Waals surface area contributed by atoms with E-state index in [0.29, 0.717) is 0 Å². The lowest BCUT2D eigenvalue weighted by Gasteiger charge is -2.20. The molecule has 0 saturated heterocycles. The maximum Gasteiger partial charge on any atom is 0.101 e. The fourth-order valence-electron chi connectivity index (χ4n) is 1.93. The summed E-state index contributed by atoms with van der Waals surface area (Å²) in [6.07, 6.45) is 2.65. The third-order valence-corrected chi connectivity index (χ3v) is 3.31. The van der Waals surface area contributed by atoms with Crippen molar-refractivity contribution >= 4 is 5.69 Å². The number of anilines is 1. The zero-order valence-electron chi connectivity index (χ0n) is 11.1. The molecule has 2 rings (SSSR count). The van der Waals surface area contributed by atoms with Gasteiger partial charge in [0.05, 0.1) is 17.9 Å². The number of nitriles is 1. The van der Waals surface area contributed by atoms with Crippen LogP contribution in [0.4, 0.5) is 5.69 Å². The number of ether oxygens (including phenoxy) is 1. The molecular weight excluding hydrogens is 224 g/mol. The molecule has 0 aromatic heterocycles. The van der Waals surface area contributed by atoms with Gasteiger partial charge in [0.25, 0.3) is 0 Å². The molecular formula is C15H20N2O. The van der Waals surface area contributed by atoms with E-state index >= 15 is 0 Å². The van der Waals surface area contributed by atoms with Crippen LogP contribution in [-0.4, -0.2) is 26.8 Å². The Balaban J connectivity index is 1.86. The lowest BCUT2D eigenvalue weighted by molar-refractivity contribution is 0.131. The molecule has 0 aliphatic heterocycles. The van der Waals surface area contributed by atoms with Crippen LogP contribution < -0.4 is 4.90 Å². The summed E-state index contributed by atoms with van der Waals surface area (Å²) in [7, 11) is 2.01. The lowest BCUT2D eigenvalue weighted by atomic mass is 10.1. The summed E-state index contributed by atoms with van der Waals surface area (Å²) in [5.41, 5.74) is 2.84. The highest BCUT2D eigenvalue weighted by molar-refractivity contribution is 5.59. The molecule has 3 nitrogen and oxygen atoms in total. The molecule has 1 fully saturated rings. The summed E-state index contributed by atoms with van der Waals surface area (Å²) in [6, 6.07) is 8.23. The second kappa shape index (κ2) is 5.88. The van der Waals surface area contributed by atoms with Crippen LogP contribution in [0.3, 0.4) is 0 Å². The number of hydrogen-bond donors (Lipinski definition) is 0. The largest absolute Gasteiger partial charge is 0.379 e. The zero-order valence-corrected chi connectivity index (χ0v) is 11.1. The maximum atomic E-state index is 9.14. The maximum absolute atomic E-state index is 9.14. The van der Waals surface area contributed by atoms with Gasteiger partial charge in [-0.25, -0.2) is 0 Å². The van der Waals surface area contributed by atoms with Crippen molar-refractivity contribution in [3.63, 3.8) is 0 Å². The van der Waals surface area contributed by atoms with Crippen LogP contribution >= 0.6 is 0 Å². The van der Waals surface area contributed by atoms with Crippen molar-refractivity contribution < 1.29 is 4.74 Å². The first-order valence-corrected chi connectivity index (χ1v) is 6.50. The Morgan fingerprint density at radius 1 is 1.44 bits per heavy atom. The van der Waals surface area contributed by atoms with Crippen LogP contribution in [0.2, 0.25) is 0 Å². The van der Waals surface area contributed by atoms with E-state index in [9.17, 15) is 0 Å². The van der Waals surface area contributed by atoms with Crippen molar-refractivity contribution in [1.82, 2.24) is 0 Å². The second-order valence-electron chi connectivity index (χ2n) is 5.07. The van der Waals surface area contributed by atoms with Gasteiger partial charge in [-0.1, -0.05) is 6.07 Å². The van der Waals surface area contributed by atoms with Crippen molar-refractivity contribution in [2.45, 2.75) is 19.8 Å². The Morgan fingerprint density at radius 3 is 2.89 bits per heavy atom. The van der Waals surface area contributed by atoms with Crippen molar-refractivity contribution in [3.8, 4) is 6.07 Å². The lowest BCUT2D eigenvalue weighted by Crippen LogP contribution is -2.23. The Labute approximate surface area is 109 Å². The molecule has 0 spiro atoms. The smallest absolute Gasteiger partial charge is 0.101 e. The Bertz CT molecular complexity index is 446. The van der Waals surface area contributed by atoms with Crippen LogP contribution in [0, 0.1) is 24.2 Å². The van der Waals surface area contributed by atoms with Crippen LogP contribution in [0.5, 0.6) is 0 Å². The monoisotopic (exact) mass is 244 g/mol. The summed E-state index contributed by atoms with van der Waals surface area (Å²) in [5.74, 6) is 0.810. The Morgan fingerprint density at radius 2 is 2.22 bits per heavy atom. The summed E-state index contributed by atoms with van der Waals surface area (Å²) in [4.78, 5) is 2.09. The highest BCUT2D eigenvalue weighted by Crippen LogP contribution is 2.28. The van der Waals surface area contributed by atoms with E-state index in [1.165, 1.54) is 12.8 Å². The summed E-state index contributed by atoms with van der Waals surface area (Å²) < 4.78 is 5.62. The van der Waals surface area contributed by atoms with E-state index in [1.807, 2.05) is 32.2 Å². The molecule has 1 aromatic rings. The van der Waals surface area contributed by atoms with Gasteiger partial charge in [0, 0.05) is 20.2 Å². The molecule has 0 radical (unpaired) electrons. The first-order valence-electron chi connectivity index (χ1n) is 6.50. The molecule has 1 aliphatic rings. The highest BCUT2D eigenvalue weighted by Gasteiger charge is 2.21. The number of nitrogens with zero attached hydrogens (tertiary/aromatic N) is 2. The number of benzene rings is 1. The molecule has 96 valence electrons. The summed E-state index contributed by atoms with van der Waals surface area (Å²) >= 11 is 0. The normalized spacial score (nSPS) is 14.3. The molecule has 0 bridgehead atoms. The van der Waals surface area contributed by atoms with E-state index in [-0.39, 0.29) is 0 Å². The average molecular weight is 244 g/mol. The number of rotatable bonds is 6. The van der Waals surface area contributed by atoms with Crippen LogP contribution in [0.1, 0.15) is 24.0 Å². The molecule has 0 amide bonds. The molecule has 0 N–H and O–H groups in total. The van der Waals surface area contributed by atoms with E-state index in [4.69, 9.17) is 10.00 Å². The number of likely N-dealkylation sites (N-methyl/N-ethyl adjacent to an activating group) is 1. The highest BCUT2D eigenvalue weighted by atomic mass is 16.5. The average Bonchev–Trinajstić information content (AvgIpc) is 3.18. The number of aryl methyl sites for hydroxylation is 1. The van der Waals surface area contributed by atoms with Crippen LogP contribution in [0.25, 0.3) is 0 Å². The molecule has 0 atom stereocenters.